The van der Waals surface area contributed by atoms with Crippen molar-refractivity contribution in [1.82, 2.24) is 4.98 Å². The molecule has 1 unspecified atom stereocenters. The molecule has 1 aromatic heterocycles. The van der Waals surface area contributed by atoms with E-state index in [0.29, 0.717) is 16.7 Å². The van der Waals surface area contributed by atoms with Crippen LogP contribution in [0.3, 0.4) is 0 Å². The van der Waals surface area contributed by atoms with Crippen LogP contribution in [-0.2, 0) is 5.60 Å². The fourth-order valence-corrected chi connectivity index (χ4v) is 2.62. The van der Waals surface area contributed by atoms with Crippen LogP contribution in [0.5, 0.6) is 0 Å². The van der Waals surface area contributed by atoms with Crippen molar-refractivity contribution in [3.05, 3.63) is 102 Å². The molecule has 0 aliphatic heterocycles. The zero-order valence-corrected chi connectivity index (χ0v) is 11.9. The van der Waals surface area contributed by atoms with Gasteiger partial charge in [0.05, 0.1) is 0 Å². The lowest BCUT2D eigenvalue weighted by molar-refractivity contribution is -0.00575. The van der Waals surface area contributed by atoms with E-state index in [-0.39, 0.29) is 0 Å². The number of hydrogen-bond donors (Lipinski definition) is 1. The summed E-state index contributed by atoms with van der Waals surface area (Å²) in [6.07, 6.45) is 1.46. The van der Waals surface area contributed by atoms with Crippen LogP contribution in [0.2, 0.25) is 0 Å². The Morgan fingerprint density at radius 2 is 1.23 bits per heavy atom. The monoisotopic (exact) mass is 293 g/mol. The van der Waals surface area contributed by atoms with E-state index in [1.807, 2.05) is 12.1 Å². The summed E-state index contributed by atoms with van der Waals surface area (Å²) in [4.78, 5) is 3.91. The second-order valence-corrected chi connectivity index (χ2v) is 5.14. The minimum Gasteiger partial charge on any atom is -0.377 e. The highest BCUT2D eigenvalue weighted by atomic mass is 19.1. The quantitative estimate of drug-likeness (QED) is 0.788. The molecule has 1 atom stereocenters. The third-order valence-electron chi connectivity index (χ3n) is 3.79. The van der Waals surface area contributed by atoms with Crippen molar-refractivity contribution < 1.29 is 9.50 Å². The standard InChI is InChI=1S/C19H16FNO/c20-18(15-11-13-21-14-12-15)19(22,16-7-3-1-4-8-16)17-9-5-2-6-10-17/h1-14,18,22H. The molecule has 0 saturated carbocycles. The van der Waals surface area contributed by atoms with Crippen molar-refractivity contribution in [2.75, 3.05) is 0 Å². The average molecular weight is 293 g/mol. The number of hydrogen-bond acceptors (Lipinski definition) is 2. The van der Waals surface area contributed by atoms with Crippen LogP contribution < -0.4 is 0 Å². The normalized spacial score (nSPS) is 12.8. The van der Waals surface area contributed by atoms with Crippen LogP contribution in [0.15, 0.2) is 85.2 Å². The Kier molecular flexibility index (Phi) is 3.98. The van der Waals surface area contributed by atoms with Crippen molar-refractivity contribution in [2.24, 2.45) is 0 Å². The van der Waals surface area contributed by atoms with Gasteiger partial charge in [0.1, 0.15) is 5.60 Å². The number of halogens is 1. The van der Waals surface area contributed by atoms with Gasteiger partial charge in [0.2, 0.25) is 0 Å². The Balaban J connectivity index is 2.16. The van der Waals surface area contributed by atoms with E-state index >= 15 is 4.39 Å². The molecule has 1 N–H and O–H groups in total. The number of pyridine rings is 1. The minimum atomic E-state index is -1.75. The second kappa shape index (κ2) is 6.08. The third kappa shape index (κ3) is 2.51. The number of nitrogens with zero attached hydrogens (tertiary/aromatic N) is 1. The van der Waals surface area contributed by atoms with Gasteiger partial charge in [0.25, 0.3) is 0 Å². The highest BCUT2D eigenvalue weighted by Gasteiger charge is 2.41. The first-order chi connectivity index (χ1) is 10.7. The molecule has 3 rings (SSSR count). The molecule has 0 aliphatic carbocycles. The van der Waals surface area contributed by atoms with Crippen LogP contribution in [0.4, 0.5) is 4.39 Å². The smallest absolute Gasteiger partial charge is 0.162 e. The molecule has 2 nitrogen and oxygen atoms in total. The maximum absolute atomic E-state index is 15.3. The van der Waals surface area contributed by atoms with Crippen LogP contribution in [0.1, 0.15) is 22.9 Å². The third-order valence-corrected chi connectivity index (χ3v) is 3.79. The van der Waals surface area contributed by atoms with Crippen LogP contribution in [0, 0.1) is 0 Å². The van der Waals surface area contributed by atoms with E-state index in [1.165, 1.54) is 12.4 Å². The molecule has 2 aromatic carbocycles. The molecular weight excluding hydrogens is 277 g/mol. The van der Waals surface area contributed by atoms with Crippen molar-refractivity contribution in [3.63, 3.8) is 0 Å². The second-order valence-electron chi connectivity index (χ2n) is 5.14. The molecule has 3 aromatic rings. The van der Waals surface area contributed by atoms with Gasteiger partial charge in [-0.3, -0.25) is 4.98 Å². The fraction of sp³-hybridized carbons (Fsp3) is 0.105. The molecule has 0 aliphatic rings. The van der Waals surface area contributed by atoms with Gasteiger partial charge in [-0.05, 0) is 28.8 Å². The Hall–Kier alpha value is -2.52. The van der Waals surface area contributed by atoms with Gasteiger partial charge in [0.15, 0.2) is 6.17 Å². The van der Waals surface area contributed by atoms with Crippen LogP contribution in [-0.4, -0.2) is 10.1 Å². The van der Waals surface area contributed by atoms with Gasteiger partial charge in [-0.25, -0.2) is 4.39 Å². The van der Waals surface area contributed by atoms with Gasteiger partial charge in [-0.1, -0.05) is 60.7 Å². The predicted molar refractivity (Wildman–Crippen MR) is 84.0 cm³/mol. The van der Waals surface area contributed by atoms with E-state index in [1.54, 1.807) is 60.7 Å². The molecule has 3 heteroatoms. The summed E-state index contributed by atoms with van der Waals surface area (Å²) in [5, 5.41) is 11.3. The number of aromatic nitrogens is 1. The lowest BCUT2D eigenvalue weighted by atomic mass is 9.80. The molecule has 0 fully saturated rings. The number of aliphatic hydroxyl groups is 1. The minimum absolute atomic E-state index is 0.394. The van der Waals surface area contributed by atoms with Gasteiger partial charge in [-0.2, -0.15) is 0 Å². The Bertz CT molecular complexity index is 677. The topological polar surface area (TPSA) is 33.1 Å². The zero-order chi connectivity index (χ0) is 15.4. The van der Waals surface area contributed by atoms with Gasteiger partial charge in [0, 0.05) is 12.4 Å². The predicted octanol–water partition coefficient (Wildman–Crippen LogP) is 4.03. The highest BCUT2D eigenvalue weighted by molar-refractivity contribution is 5.40. The Morgan fingerprint density at radius 1 is 0.773 bits per heavy atom. The first kappa shape index (κ1) is 14.4. The van der Waals surface area contributed by atoms with Crippen LogP contribution in [0.25, 0.3) is 0 Å². The summed E-state index contributed by atoms with van der Waals surface area (Å²) >= 11 is 0. The molecule has 0 spiro atoms. The van der Waals surface area contributed by atoms with Gasteiger partial charge in [-0.15, -0.1) is 0 Å². The van der Waals surface area contributed by atoms with Gasteiger partial charge >= 0.3 is 0 Å². The summed E-state index contributed by atoms with van der Waals surface area (Å²) in [6.45, 7) is 0. The summed E-state index contributed by atoms with van der Waals surface area (Å²) in [6, 6.07) is 21.0. The number of alkyl halides is 1. The van der Waals surface area contributed by atoms with Crippen molar-refractivity contribution >= 4 is 0 Å². The first-order valence-corrected chi connectivity index (χ1v) is 7.10. The molecule has 0 radical (unpaired) electrons. The zero-order valence-electron chi connectivity index (χ0n) is 11.9. The molecule has 110 valence electrons. The summed E-state index contributed by atoms with van der Waals surface area (Å²) in [5.41, 5.74) is -0.314. The first-order valence-electron chi connectivity index (χ1n) is 7.10. The van der Waals surface area contributed by atoms with E-state index in [4.69, 9.17) is 0 Å². The Labute approximate surface area is 128 Å². The van der Waals surface area contributed by atoms with Crippen LogP contribution >= 0.6 is 0 Å². The van der Waals surface area contributed by atoms with Crippen molar-refractivity contribution in [3.8, 4) is 0 Å². The van der Waals surface area contributed by atoms with E-state index in [0.717, 1.165) is 0 Å². The molecule has 1 heterocycles. The maximum Gasteiger partial charge on any atom is 0.162 e. The maximum atomic E-state index is 15.3. The molecule has 22 heavy (non-hydrogen) atoms. The summed E-state index contributed by atoms with van der Waals surface area (Å²) in [5.74, 6) is 0. The summed E-state index contributed by atoms with van der Waals surface area (Å²) in [7, 11) is 0. The van der Waals surface area contributed by atoms with Crippen molar-refractivity contribution in [1.29, 1.82) is 0 Å². The highest BCUT2D eigenvalue weighted by Crippen LogP contribution is 2.43. The molecular formula is C19H16FNO. The van der Waals surface area contributed by atoms with E-state index < -0.39 is 11.8 Å². The largest absolute Gasteiger partial charge is 0.377 e. The van der Waals surface area contributed by atoms with E-state index in [2.05, 4.69) is 4.98 Å². The fourth-order valence-electron chi connectivity index (χ4n) is 2.62. The molecule has 0 bridgehead atoms. The average Bonchev–Trinajstić information content (AvgIpc) is 2.62. The molecule has 0 amide bonds. The lowest BCUT2D eigenvalue weighted by Gasteiger charge is -2.33. The number of rotatable bonds is 4. The Morgan fingerprint density at radius 3 is 1.68 bits per heavy atom. The van der Waals surface area contributed by atoms with E-state index in [9.17, 15) is 5.11 Å². The van der Waals surface area contributed by atoms with Crippen molar-refractivity contribution in [2.45, 2.75) is 11.8 Å². The SMILES string of the molecule is OC(c1ccccc1)(c1ccccc1)C(F)c1ccncc1. The number of benzene rings is 2. The molecule has 0 saturated heterocycles. The summed E-state index contributed by atoms with van der Waals surface area (Å²) < 4.78 is 15.3. The lowest BCUT2D eigenvalue weighted by Crippen LogP contribution is -2.32. The van der Waals surface area contributed by atoms with Gasteiger partial charge < -0.3 is 5.11 Å².